The van der Waals surface area contributed by atoms with Crippen LogP contribution in [0.15, 0.2) is 41.8 Å². The van der Waals surface area contributed by atoms with Gasteiger partial charge in [0, 0.05) is 30.3 Å². The molecule has 0 amide bonds. The molecule has 0 bridgehead atoms. The van der Waals surface area contributed by atoms with Crippen LogP contribution in [0.5, 0.6) is 0 Å². The Labute approximate surface area is 131 Å². The first-order chi connectivity index (χ1) is 10.1. The average Bonchev–Trinajstić information content (AvgIpc) is 2.47. The first-order valence-corrected chi connectivity index (χ1v) is 8.32. The molecule has 0 spiro atoms. The highest BCUT2D eigenvalue weighted by Crippen LogP contribution is 2.20. The number of hydrogen-bond donors (Lipinski definition) is 1. The maximum atomic E-state index is 4.43. The number of nitrogens with one attached hydrogen (secondary N) is 1. The zero-order valence-corrected chi connectivity index (χ0v) is 13.8. The van der Waals surface area contributed by atoms with Crippen molar-refractivity contribution in [3.05, 3.63) is 53.3 Å². The number of nitrogens with zero attached hydrogens (tertiary/aromatic N) is 2. The van der Waals surface area contributed by atoms with E-state index < -0.39 is 0 Å². The maximum absolute atomic E-state index is 4.43. The molecule has 21 heavy (non-hydrogen) atoms. The third-order valence-electron chi connectivity index (χ3n) is 3.18. The van der Waals surface area contributed by atoms with E-state index >= 15 is 0 Å². The number of thioether (sulfide) groups is 1. The number of aromatic nitrogens is 2. The fourth-order valence-corrected chi connectivity index (χ4v) is 2.79. The molecule has 1 aromatic carbocycles. The molecule has 0 fully saturated rings. The summed E-state index contributed by atoms with van der Waals surface area (Å²) in [5.74, 6) is 1.58. The van der Waals surface area contributed by atoms with Crippen LogP contribution in [0.2, 0.25) is 0 Å². The first-order valence-electron chi connectivity index (χ1n) is 7.34. The molecule has 0 unspecified atom stereocenters. The highest BCUT2D eigenvalue weighted by atomic mass is 32.2. The van der Waals surface area contributed by atoms with Crippen molar-refractivity contribution < 1.29 is 0 Å². The lowest BCUT2D eigenvalue weighted by Gasteiger charge is -2.07. The Morgan fingerprint density at radius 3 is 2.52 bits per heavy atom. The van der Waals surface area contributed by atoms with Crippen LogP contribution in [-0.4, -0.2) is 16.5 Å². The summed E-state index contributed by atoms with van der Waals surface area (Å²) in [6.45, 7) is 8.40. The van der Waals surface area contributed by atoms with Gasteiger partial charge in [0.15, 0.2) is 5.16 Å². The second-order valence-electron chi connectivity index (χ2n) is 5.61. The summed E-state index contributed by atoms with van der Waals surface area (Å²) < 4.78 is 0. The van der Waals surface area contributed by atoms with Crippen LogP contribution < -0.4 is 5.32 Å². The van der Waals surface area contributed by atoms with Crippen LogP contribution in [-0.2, 0) is 12.3 Å². The molecule has 0 aliphatic heterocycles. The largest absolute Gasteiger partial charge is 0.312 e. The third kappa shape index (κ3) is 5.48. The monoisotopic (exact) mass is 301 g/mol. The Balaban J connectivity index is 1.84. The van der Waals surface area contributed by atoms with Gasteiger partial charge in [0.1, 0.15) is 0 Å². The molecular formula is C17H23N3S. The standard InChI is InChI=1S/C17H23N3S/c1-13(2)8-18-9-15-10-19-17(20-11-15)21-12-16-7-5-4-6-14(16)3/h4-7,10-11,13,18H,8-9,12H2,1-3H3. The second kappa shape index (κ2) is 8.15. The molecule has 2 aromatic rings. The summed E-state index contributed by atoms with van der Waals surface area (Å²) in [4.78, 5) is 8.87. The fourth-order valence-electron chi connectivity index (χ4n) is 1.93. The van der Waals surface area contributed by atoms with Gasteiger partial charge in [-0.25, -0.2) is 9.97 Å². The maximum Gasteiger partial charge on any atom is 0.187 e. The van der Waals surface area contributed by atoms with Crippen LogP contribution in [0.4, 0.5) is 0 Å². The van der Waals surface area contributed by atoms with E-state index in [0.29, 0.717) is 5.92 Å². The smallest absolute Gasteiger partial charge is 0.187 e. The summed E-state index contributed by atoms with van der Waals surface area (Å²) in [6, 6.07) is 8.44. The predicted molar refractivity (Wildman–Crippen MR) is 89.3 cm³/mol. The van der Waals surface area contributed by atoms with Crippen LogP contribution in [0, 0.1) is 12.8 Å². The molecule has 0 saturated carbocycles. The Morgan fingerprint density at radius 2 is 1.86 bits per heavy atom. The van der Waals surface area contributed by atoms with Crippen LogP contribution in [0.3, 0.4) is 0 Å². The predicted octanol–water partition coefficient (Wildman–Crippen LogP) is 3.82. The summed E-state index contributed by atoms with van der Waals surface area (Å²) in [6.07, 6.45) is 3.83. The minimum atomic E-state index is 0.662. The van der Waals surface area contributed by atoms with Gasteiger partial charge in [-0.05, 0) is 30.5 Å². The van der Waals surface area contributed by atoms with Crippen molar-refractivity contribution in [3.8, 4) is 0 Å². The number of hydrogen-bond acceptors (Lipinski definition) is 4. The molecule has 1 N–H and O–H groups in total. The zero-order chi connectivity index (χ0) is 15.1. The van der Waals surface area contributed by atoms with Crippen molar-refractivity contribution in [1.29, 1.82) is 0 Å². The molecule has 0 aliphatic carbocycles. The highest BCUT2D eigenvalue weighted by Gasteiger charge is 2.02. The molecule has 112 valence electrons. The molecule has 0 aliphatic rings. The average molecular weight is 301 g/mol. The van der Waals surface area contributed by atoms with Gasteiger partial charge in [0.05, 0.1) is 0 Å². The van der Waals surface area contributed by atoms with Crippen LogP contribution >= 0.6 is 11.8 Å². The molecule has 4 heteroatoms. The van der Waals surface area contributed by atoms with Crippen molar-refractivity contribution in [2.24, 2.45) is 5.92 Å². The minimum absolute atomic E-state index is 0.662. The number of benzene rings is 1. The number of aryl methyl sites for hydroxylation is 1. The normalized spacial score (nSPS) is 11.0. The van der Waals surface area contributed by atoms with E-state index in [1.807, 2.05) is 12.4 Å². The Bertz CT molecular complexity index is 552. The zero-order valence-electron chi connectivity index (χ0n) is 13.0. The van der Waals surface area contributed by atoms with Crippen molar-refractivity contribution in [2.75, 3.05) is 6.54 Å². The van der Waals surface area contributed by atoms with Gasteiger partial charge in [-0.15, -0.1) is 0 Å². The lowest BCUT2D eigenvalue weighted by molar-refractivity contribution is 0.550. The number of rotatable bonds is 7. The molecular weight excluding hydrogens is 278 g/mol. The lowest BCUT2D eigenvalue weighted by atomic mass is 10.1. The van der Waals surface area contributed by atoms with Gasteiger partial charge in [-0.3, -0.25) is 0 Å². The van der Waals surface area contributed by atoms with Crippen LogP contribution in [0.1, 0.15) is 30.5 Å². The Hall–Kier alpha value is -1.39. The lowest BCUT2D eigenvalue weighted by Crippen LogP contribution is -2.19. The molecule has 3 nitrogen and oxygen atoms in total. The van der Waals surface area contributed by atoms with Gasteiger partial charge in [-0.1, -0.05) is 49.9 Å². The van der Waals surface area contributed by atoms with E-state index in [0.717, 1.165) is 29.6 Å². The molecule has 1 aromatic heterocycles. The quantitative estimate of drug-likeness (QED) is 0.623. The Morgan fingerprint density at radius 1 is 1.14 bits per heavy atom. The molecule has 0 saturated heterocycles. The Kier molecular flexibility index (Phi) is 6.21. The topological polar surface area (TPSA) is 37.8 Å². The van der Waals surface area contributed by atoms with Gasteiger partial charge >= 0.3 is 0 Å². The molecule has 0 atom stereocenters. The summed E-state index contributed by atoms with van der Waals surface area (Å²) >= 11 is 1.68. The van der Waals surface area contributed by atoms with Crippen molar-refractivity contribution >= 4 is 11.8 Å². The third-order valence-corrected chi connectivity index (χ3v) is 4.11. The van der Waals surface area contributed by atoms with Gasteiger partial charge in [0.25, 0.3) is 0 Å². The summed E-state index contributed by atoms with van der Waals surface area (Å²) in [5.41, 5.74) is 3.80. The van der Waals surface area contributed by atoms with Gasteiger partial charge in [-0.2, -0.15) is 0 Å². The van der Waals surface area contributed by atoms with Crippen molar-refractivity contribution in [1.82, 2.24) is 15.3 Å². The second-order valence-corrected chi connectivity index (χ2v) is 6.56. The molecule has 1 heterocycles. The van der Waals surface area contributed by atoms with Crippen molar-refractivity contribution in [2.45, 2.75) is 38.2 Å². The van der Waals surface area contributed by atoms with E-state index in [-0.39, 0.29) is 0 Å². The molecule has 2 rings (SSSR count). The summed E-state index contributed by atoms with van der Waals surface area (Å²) in [5, 5.41) is 4.24. The fraction of sp³-hybridized carbons (Fsp3) is 0.412. The minimum Gasteiger partial charge on any atom is -0.312 e. The van der Waals surface area contributed by atoms with Crippen LogP contribution in [0.25, 0.3) is 0 Å². The van der Waals surface area contributed by atoms with E-state index in [1.165, 1.54) is 11.1 Å². The van der Waals surface area contributed by atoms with E-state index in [4.69, 9.17) is 0 Å². The highest BCUT2D eigenvalue weighted by molar-refractivity contribution is 7.98. The summed E-state index contributed by atoms with van der Waals surface area (Å²) in [7, 11) is 0. The van der Waals surface area contributed by atoms with Gasteiger partial charge < -0.3 is 5.32 Å². The first kappa shape index (κ1) is 16.0. The molecule has 0 radical (unpaired) electrons. The van der Waals surface area contributed by atoms with E-state index in [2.05, 4.69) is 60.3 Å². The van der Waals surface area contributed by atoms with E-state index in [1.54, 1.807) is 11.8 Å². The SMILES string of the molecule is Cc1ccccc1CSc1ncc(CNCC(C)C)cn1. The van der Waals surface area contributed by atoms with Gasteiger partial charge in [0.2, 0.25) is 0 Å². The van der Waals surface area contributed by atoms with Crippen molar-refractivity contribution in [3.63, 3.8) is 0 Å². The van der Waals surface area contributed by atoms with E-state index in [9.17, 15) is 0 Å².